The van der Waals surface area contributed by atoms with Crippen molar-refractivity contribution >= 4 is 50.3 Å². The molecule has 0 aliphatic carbocycles. The van der Waals surface area contributed by atoms with Crippen LogP contribution in [0.2, 0.25) is 5.02 Å². The second kappa shape index (κ2) is 10.2. The zero-order valence-electron chi connectivity index (χ0n) is 18.0. The van der Waals surface area contributed by atoms with E-state index < -0.39 is 0 Å². The molecule has 0 aliphatic rings. The van der Waals surface area contributed by atoms with Crippen molar-refractivity contribution in [3.05, 3.63) is 64.2 Å². The number of anilines is 1. The van der Waals surface area contributed by atoms with Crippen molar-refractivity contribution in [1.82, 2.24) is 9.88 Å². The van der Waals surface area contributed by atoms with Crippen LogP contribution >= 0.6 is 22.9 Å². The van der Waals surface area contributed by atoms with E-state index in [1.165, 1.54) is 11.1 Å². The largest absolute Gasteiger partial charge is 0.302 e. The van der Waals surface area contributed by atoms with Crippen LogP contribution in [0.3, 0.4) is 0 Å². The van der Waals surface area contributed by atoms with E-state index in [0.29, 0.717) is 11.6 Å². The summed E-state index contributed by atoms with van der Waals surface area (Å²) in [5.74, 6) is -0.0884. The molecule has 3 rings (SSSR count). The molecule has 0 unspecified atom stereocenters. The topological polar surface area (TPSA) is 36.4 Å². The van der Waals surface area contributed by atoms with Crippen LogP contribution in [0, 0.1) is 13.8 Å². The minimum Gasteiger partial charge on any atom is -0.302 e. The van der Waals surface area contributed by atoms with Gasteiger partial charge in [0, 0.05) is 24.2 Å². The fourth-order valence-corrected chi connectivity index (χ4v) is 4.50. The van der Waals surface area contributed by atoms with Gasteiger partial charge in [-0.15, -0.1) is 0 Å². The van der Waals surface area contributed by atoms with Crippen molar-refractivity contribution in [2.24, 2.45) is 0 Å². The fraction of sp³-hybridized carbons (Fsp3) is 0.333. The monoisotopic (exact) mass is 441 g/mol. The molecule has 0 saturated heterocycles. The Labute approximate surface area is 187 Å². The molecule has 0 spiro atoms. The summed E-state index contributed by atoms with van der Waals surface area (Å²) in [6.45, 7) is 11.7. The Morgan fingerprint density at radius 2 is 1.80 bits per heavy atom. The maximum atomic E-state index is 13.2. The lowest BCUT2D eigenvalue weighted by Crippen LogP contribution is -2.38. The predicted octanol–water partition coefficient (Wildman–Crippen LogP) is 5.95. The minimum absolute atomic E-state index is 0.0884. The van der Waals surface area contributed by atoms with E-state index in [-0.39, 0.29) is 5.91 Å². The Hall–Kier alpha value is -2.21. The highest BCUT2D eigenvalue weighted by molar-refractivity contribution is 7.22. The Morgan fingerprint density at radius 3 is 2.50 bits per heavy atom. The quantitative estimate of drug-likeness (QED) is 0.405. The molecule has 6 heteroatoms. The predicted molar refractivity (Wildman–Crippen MR) is 130 cm³/mol. The number of hydrogen-bond donors (Lipinski definition) is 0. The number of benzene rings is 2. The molecule has 1 heterocycles. The number of fused-ring (bicyclic) bond motifs is 1. The van der Waals surface area contributed by atoms with Crippen LogP contribution in [0.15, 0.2) is 42.5 Å². The zero-order chi connectivity index (χ0) is 21.7. The van der Waals surface area contributed by atoms with Crippen LogP contribution in [0.4, 0.5) is 5.13 Å². The molecular formula is C24H28ClN3OS. The number of halogens is 1. The van der Waals surface area contributed by atoms with Gasteiger partial charge in [-0.3, -0.25) is 9.69 Å². The van der Waals surface area contributed by atoms with E-state index in [4.69, 9.17) is 16.6 Å². The zero-order valence-corrected chi connectivity index (χ0v) is 19.6. The number of aromatic nitrogens is 1. The Morgan fingerprint density at radius 1 is 1.10 bits per heavy atom. The van der Waals surface area contributed by atoms with E-state index >= 15 is 0 Å². The van der Waals surface area contributed by atoms with Gasteiger partial charge >= 0.3 is 0 Å². The van der Waals surface area contributed by atoms with Crippen molar-refractivity contribution in [3.8, 4) is 0 Å². The van der Waals surface area contributed by atoms with Gasteiger partial charge in [0.2, 0.25) is 0 Å². The highest BCUT2D eigenvalue weighted by Crippen LogP contribution is 2.31. The van der Waals surface area contributed by atoms with E-state index in [1.54, 1.807) is 28.4 Å². The first kappa shape index (κ1) is 22.5. The molecule has 0 fully saturated rings. The van der Waals surface area contributed by atoms with Crippen molar-refractivity contribution < 1.29 is 4.79 Å². The number of nitrogens with zero attached hydrogens (tertiary/aromatic N) is 3. The molecule has 30 heavy (non-hydrogen) atoms. The molecule has 0 aliphatic heterocycles. The van der Waals surface area contributed by atoms with Gasteiger partial charge in [0.1, 0.15) is 0 Å². The van der Waals surface area contributed by atoms with E-state index in [9.17, 15) is 4.79 Å². The number of amides is 1. The molecule has 1 aromatic heterocycles. The van der Waals surface area contributed by atoms with Gasteiger partial charge in [0.25, 0.3) is 5.91 Å². The molecule has 1 amide bonds. The molecule has 0 bridgehead atoms. The summed E-state index contributed by atoms with van der Waals surface area (Å²) in [6, 6.07) is 11.8. The molecule has 0 saturated carbocycles. The van der Waals surface area contributed by atoms with Gasteiger partial charge in [-0.2, -0.15) is 0 Å². The lowest BCUT2D eigenvalue weighted by Gasteiger charge is -2.23. The summed E-state index contributed by atoms with van der Waals surface area (Å²) in [5.41, 5.74) is 4.21. The second-order valence-corrected chi connectivity index (χ2v) is 8.69. The van der Waals surface area contributed by atoms with Crippen molar-refractivity contribution in [2.45, 2.75) is 27.7 Å². The summed E-state index contributed by atoms with van der Waals surface area (Å²) in [6.07, 6.45) is 3.36. The van der Waals surface area contributed by atoms with Gasteiger partial charge in [0.05, 0.1) is 10.2 Å². The Bertz CT molecular complexity index is 1020. The van der Waals surface area contributed by atoms with Gasteiger partial charge in [-0.25, -0.2) is 4.98 Å². The van der Waals surface area contributed by atoms with Crippen molar-refractivity contribution in [1.29, 1.82) is 0 Å². The van der Waals surface area contributed by atoms with E-state index in [2.05, 4.69) is 44.7 Å². The Kier molecular flexibility index (Phi) is 7.64. The lowest BCUT2D eigenvalue weighted by molar-refractivity contribution is -0.114. The van der Waals surface area contributed by atoms with Crippen LogP contribution in [-0.2, 0) is 4.79 Å². The molecule has 158 valence electrons. The number of aryl methyl sites for hydroxylation is 2. The first-order valence-corrected chi connectivity index (χ1v) is 11.5. The van der Waals surface area contributed by atoms with Crippen LogP contribution in [0.25, 0.3) is 16.3 Å². The average molecular weight is 442 g/mol. The SMILES string of the molecule is CCN(CC)CCN(C(=O)C=Cc1ccccc1Cl)c1nc2cc(C)c(C)cc2s1. The van der Waals surface area contributed by atoms with Gasteiger partial charge in [-0.05, 0) is 67.9 Å². The Balaban J connectivity index is 1.91. The van der Waals surface area contributed by atoms with Gasteiger partial charge in [0.15, 0.2) is 5.13 Å². The normalized spacial score (nSPS) is 11.7. The first-order chi connectivity index (χ1) is 14.4. The van der Waals surface area contributed by atoms with E-state index in [1.807, 2.05) is 24.3 Å². The van der Waals surface area contributed by atoms with Crippen LogP contribution < -0.4 is 4.90 Å². The highest BCUT2D eigenvalue weighted by Gasteiger charge is 2.19. The average Bonchev–Trinajstić information content (AvgIpc) is 3.13. The lowest BCUT2D eigenvalue weighted by atomic mass is 10.1. The molecular weight excluding hydrogens is 414 g/mol. The van der Waals surface area contributed by atoms with E-state index in [0.717, 1.165) is 40.5 Å². The molecule has 0 N–H and O–H groups in total. The summed E-state index contributed by atoms with van der Waals surface area (Å²) in [7, 11) is 0. The van der Waals surface area contributed by atoms with Gasteiger partial charge < -0.3 is 4.90 Å². The first-order valence-electron chi connectivity index (χ1n) is 10.3. The van der Waals surface area contributed by atoms with Crippen molar-refractivity contribution in [2.75, 3.05) is 31.1 Å². The minimum atomic E-state index is -0.0884. The molecule has 0 radical (unpaired) electrons. The van der Waals surface area contributed by atoms with Gasteiger partial charge in [-0.1, -0.05) is 55.0 Å². The smallest absolute Gasteiger partial charge is 0.252 e. The summed E-state index contributed by atoms with van der Waals surface area (Å²) in [4.78, 5) is 22.0. The molecule has 4 nitrogen and oxygen atoms in total. The fourth-order valence-electron chi connectivity index (χ4n) is 3.23. The summed E-state index contributed by atoms with van der Waals surface area (Å²) < 4.78 is 1.10. The molecule has 2 aromatic carbocycles. The standard InChI is InChI=1S/C24H28ClN3OS/c1-5-27(6-2)13-14-28(23(29)12-11-19-9-7-8-10-20(19)25)24-26-21-15-17(3)18(4)16-22(21)30-24/h7-12,15-16H,5-6,13-14H2,1-4H3. The van der Waals surface area contributed by atoms with Crippen LogP contribution in [0.1, 0.15) is 30.5 Å². The maximum Gasteiger partial charge on any atom is 0.252 e. The third-order valence-corrected chi connectivity index (χ3v) is 6.72. The molecule has 0 atom stereocenters. The number of thiazole rings is 1. The third kappa shape index (κ3) is 5.28. The van der Waals surface area contributed by atoms with Crippen LogP contribution in [0.5, 0.6) is 0 Å². The number of carbonyl (C=O) groups is 1. The summed E-state index contributed by atoms with van der Waals surface area (Å²) >= 11 is 7.80. The number of rotatable bonds is 8. The summed E-state index contributed by atoms with van der Waals surface area (Å²) in [5, 5.41) is 1.36. The maximum absolute atomic E-state index is 13.2. The number of likely N-dealkylation sites (N-methyl/N-ethyl adjacent to an activating group) is 1. The van der Waals surface area contributed by atoms with Crippen molar-refractivity contribution in [3.63, 3.8) is 0 Å². The third-order valence-electron chi connectivity index (χ3n) is 5.33. The number of carbonyl (C=O) groups excluding carboxylic acids is 1. The second-order valence-electron chi connectivity index (χ2n) is 7.27. The van der Waals surface area contributed by atoms with Crippen LogP contribution in [-0.4, -0.2) is 42.0 Å². The number of hydrogen-bond acceptors (Lipinski definition) is 4. The highest BCUT2D eigenvalue weighted by atomic mass is 35.5. The molecule has 3 aromatic rings.